The minimum atomic E-state index is 0.585. The van der Waals surface area contributed by atoms with Gasteiger partial charge < -0.3 is 9.73 Å². The number of nitrogens with zero attached hydrogens (tertiary/aromatic N) is 1. The SMILES string of the molecule is Cc1nc2cc(NC3CCC(C)CC3C)ccc2o1. The molecule has 102 valence electrons. The first kappa shape index (κ1) is 12.5. The van der Waals surface area contributed by atoms with Gasteiger partial charge in [0.15, 0.2) is 11.5 Å². The normalized spacial score (nSPS) is 27.6. The number of rotatable bonds is 2. The van der Waals surface area contributed by atoms with E-state index >= 15 is 0 Å². The molecule has 1 fully saturated rings. The van der Waals surface area contributed by atoms with Gasteiger partial charge in [0.25, 0.3) is 0 Å². The van der Waals surface area contributed by atoms with E-state index in [1.165, 1.54) is 19.3 Å². The van der Waals surface area contributed by atoms with Crippen LogP contribution in [0.25, 0.3) is 11.1 Å². The lowest BCUT2D eigenvalue weighted by molar-refractivity contribution is 0.276. The molecule has 3 nitrogen and oxygen atoms in total. The molecule has 0 aliphatic heterocycles. The Morgan fingerprint density at radius 3 is 2.89 bits per heavy atom. The van der Waals surface area contributed by atoms with Crippen LogP contribution in [0, 0.1) is 18.8 Å². The van der Waals surface area contributed by atoms with Crippen molar-refractivity contribution in [2.75, 3.05) is 5.32 Å². The highest BCUT2D eigenvalue weighted by Crippen LogP contribution is 2.31. The average Bonchev–Trinajstić information content (AvgIpc) is 2.72. The van der Waals surface area contributed by atoms with Crippen molar-refractivity contribution in [2.24, 2.45) is 11.8 Å². The van der Waals surface area contributed by atoms with Crippen molar-refractivity contribution in [2.45, 2.75) is 46.1 Å². The van der Waals surface area contributed by atoms with Crippen LogP contribution < -0.4 is 5.32 Å². The van der Waals surface area contributed by atoms with E-state index in [1.54, 1.807) is 0 Å². The summed E-state index contributed by atoms with van der Waals surface area (Å²) in [5, 5.41) is 3.67. The second-order valence-electron chi connectivity index (χ2n) is 6.06. The smallest absolute Gasteiger partial charge is 0.192 e. The van der Waals surface area contributed by atoms with Crippen molar-refractivity contribution in [3.05, 3.63) is 24.1 Å². The Bertz CT molecular complexity index is 575. The second-order valence-corrected chi connectivity index (χ2v) is 6.06. The highest BCUT2D eigenvalue weighted by molar-refractivity contribution is 5.77. The lowest BCUT2D eigenvalue weighted by Gasteiger charge is -2.33. The van der Waals surface area contributed by atoms with E-state index in [9.17, 15) is 0 Å². The van der Waals surface area contributed by atoms with Crippen LogP contribution >= 0.6 is 0 Å². The summed E-state index contributed by atoms with van der Waals surface area (Å²) >= 11 is 0. The highest BCUT2D eigenvalue weighted by atomic mass is 16.3. The summed E-state index contributed by atoms with van der Waals surface area (Å²) in [4.78, 5) is 4.39. The van der Waals surface area contributed by atoms with Crippen molar-refractivity contribution in [3.63, 3.8) is 0 Å². The van der Waals surface area contributed by atoms with E-state index in [2.05, 4.69) is 36.3 Å². The summed E-state index contributed by atoms with van der Waals surface area (Å²) in [6, 6.07) is 6.78. The van der Waals surface area contributed by atoms with Gasteiger partial charge in [-0.1, -0.05) is 13.8 Å². The van der Waals surface area contributed by atoms with Gasteiger partial charge >= 0.3 is 0 Å². The van der Waals surface area contributed by atoms with E-state index in [0.29, 0.717) is 6.04 Å². The molecule has 0 amide bonds. The fourth-order valence-corrected chi connectivity index (χ4v) is 3.23. The van der Waals surface area contributed by atoms with Crippen LogP contribution in [-0.2, 0) is 0 Å². The van der Waals surface area contributed by atoms with Gasteiger partial charge in [0, 0.05) is 18.7 Å². The van der Waals surface area contributed by atoms with Crippen molar-refractivity contribution >= 4 is 16.8 Å². The van der Waals surface area contributed by atoms with Gasteiger partial charge in [-0.3, -0.25) is 0 Å². The molecule has 3 atom stereocenters. The van der Waals surface area contributed by atoms with Crippen LogP contribution in [0.4, 0.5) is 5.69 Å². The number of fused-ring (bicyclic) bond motifs is 1. The molecule has 1 aliphatic rings. The molecule has 0 spiro atoms. The molecule has 1 aliphatic carbocycles. The summed E-state index contributed by atoms with van der Waals surface area (Å²) in [5.74, 6) is 2.33. The highest BCUT2D eigenvalue weighted by Gasteiger charge is 2.25. The first-order valence-electron chi connectivity index (χ1n) is 7.25. The maximum atomic E-state index is 5.51. The number of hydrogen-bond donors (Lipinski definition) is 1. The maximum Gasteiger partial charge on any atom is 0.192 e. The molecule has 1 aromatic carbocycles. The summed E-state index contributed by atoms with van der Waals surface area (Å²) in [6.07, 6.45) is 3.91. The summed E-state index contributed by atoms with van der Waals surface area (Å²) in [5.41, 5.74) is 2.97. The number of benzene rings is 1. The van der Waals surface area contributed by atoms with Crippen molar-refractivity contribution < 1.29 is 4.42 Å². The molecular weight excluding hydrogens is 236 g/mol. The van der Waals surface area contributed by atoms with Gasteiger partial charge in [-0.05, 0) is 49.3 Å². The van der Waals surface area contributed by atoms with Gasteiger partial charge in [0.1, 0.15) is 5.52 Å². The molecule has 1 N–H and O–H groups in total. The minimum absolute atomic E-state index is 0.585. The first-order valence-corrected chi connectivity index (χ1v) is 7.25. The van der Waals surface area contributed by atoms with Crippen molar-refractivity contribution in [1.29, 1.82) is 0 Å². The predicted octanol–water partition coefficient (Wildman–Crippen LogP) is 4.37. The summed E-state index contributed by atoms with van der Waals surface area (Å²) in [6.45, 7) is 6.60. The maximum absolute atomic E-state index is 5.51. The summed E-state index contributed by atoms with van der Waals surface area (Å²) in [7, 11) is 0. The number of aromatic nitrogens is 1. The Morgan fingerprint density at radius 2 is 2.11 bits per heavy atom. The number of oxazole rings is 1. The summed E-state index contributed by atoms with van der Waals surface area (Å²) < 4.78 is 5.51. The third-order valence-electron chi connectivity index (χ3n) is 4.28. The quantitative estimate of drug-likeness (QED) is 0.869. The molecule has 19 heavy (non-hydrogen) atoms. The monoisotopic (exact) mass is 258 g/mol. The molecule has 1 heterocycles. The standard InChI is InChI=1S/C16H22N2O/c1-10-4-6-14(11(2)8-10)18-13-5-7-16-15(9-13)17-12(3)19-16/h5,7,9-11,14,18H,4,6,8H2,1-3H3. The van der Waals surface area contributed by atoms with E-state index in [-0.39, 0.29) is 0 Å². The molecule has 0 bridgehead atoms. The van der Waals surface area contributed by atoms with E-state index in [1.807, 2.05) is 13.0 Å². The van der Waals surface area contributed by atoms with Gasteiger partial charge in [-0.15, -0.1) is 0 Å². The van der Waals surface area contributed by atoms with Crippen LogP contribution in [0.1, 0.15) is 39.0 Å². The van der Waals surface area contributed by atoms with Gasteiger partial charge in [-0.25, -0.2) is 4.98 Å². The molecular formula is C16H22N2O. The van der Waals surface area contributed by atoms with Crippen LogP contribution in [0.5, 0.6) is 0 Å². The lowest BCUT2D eigenvalue weighted by atomic mass is 9.80. The molecule has 3 rings (SSSR count). The van der Waals surface area contributed by atoms with Crippen LogP contribution in [-0.4, -0.2) is 11.0 Å². The lowest BCUT2D eigenvalue weighted by Crippen LogP contribution is -2.32. The van der Waals surface area contributed by atoms with Gasteiger partial charge in [0.05, 0.1) is 0 Å². The third kappa shape index (κ3) is 2.60. The number of anilines is 1. The van der Waals surface area contributed by atoms with Crippen molar-refractivity contribution in [3.8, 4) is 0 Å². The third-order valence-corrected chi connectivity index (χ3v) is 4.28. The zero-order valence-electron chi connectivity index (χ0n) is 11.9. The van der Waals surface area contributed by atoms with Crippen LogP contribution in [0.3, 0.4) is 0 Å². The molecule has 0 radical (unpaired) electrons. The molecule has 2 aromatic rings. The van der Waals surface area contributed by atoms with E-state index < -0.39 is 0 Å². The second kappa shape index (κ2) is 4.87. The fraction of sp³-hybridized carbons (Fsp3) is 0.562. The minimum Gasteiger partial charge on any atom is -0.441 e. The zero-order valence-corrected chi connectivity index (χ0v) is 11.9. The molecule has 3 unspecified atom stereocenters. The Hall–Kier alpha value is -1.51. The average molecular weight is 258 g/mol. The topological polar surface area (TPSA) is 38.1 Å². The Labute approximate surface area is 114 Å². The fourth-order valence-electron chi connectivity index (χ4n) is 3.23. The zero-order chi connectivity index (χ0) is 13.4. The van der Waals surface area contributed by atoms with Gasteiger partial charge in [-0.2, -0.15) is 0 Å². The molecule has 1 saturated carbocycles. The largest absolute Gasteiger partial charge is 0.441 e. The first-order chi connectivity index (χ1) is 9.11. The van der Waals surface area contributed by atoms with Crippen molar-refractivity contribution in [1.82, 2.24) is 4.98 Å². The Balaban J connectivity index is 1.77. The van der Waals surface area contributed by atoms with E-state index in [0.717, 1.165) is 34.5 Å². The van der Waals surface area contributed by atoms with Crippen LogP contribution in [0.15, 0.2) is 22.6 Å². The van der Waals surface area contributed by atoms with Crippen LogP contribution in [0.2, 0.25) is 0 Å². The number of nitrogens with one attached hydrogen (secondary N) is 1. The number of hydrogen-bond acceptors (Lipinski definition) is 3. The number of aryl methyl sites for hydroxylation is 1. The molecule has 0 saturated heterocycles. The predicted molar refractivity (Wildman–Crippen MR) is 78.3 cm³/mol. The van der Waals surface area contributed by atoms with Gasteiger partial charge in [0.2, 0.25) is 0 Å². The Kier molecular flexibility index (Phi) is 3.21. The molecule has 1 aromatic heterocycles. The molecule has 3 heteroatoms. The van der Waals surface area contributed by atoms with E-state index in [4.69, 9.17) is 4.42 Å². The Morgan fingerprint density at radius 1 is 1.26 bits per heavy atom.